The summed E-state index contributed by atoms with van der Waals surface area (Å²) < 4.78 is 0. The average molecular weight is 260 g/mol. The fraction of sp³-hybridized carbons (Fsp3) is 0.562. The molecule has 0 radical (unpaired) electrons. The van der Waals surface area contributed by atoms with Gasteiger partial charge in [-0.25, -0.2) is 0 Å². The summed E-state index contributed by atoms with van der Waals surface area (Å²) in [7, 11) is 0. The largest absolute Gasteiger partial charge is 0.338 e. The first kappa shape index (κ1) is 14.1. The highest BCUT2D eigenvalue weighted by Gasteiger charge is 2.34. The second-order valence-electron chi connectivity index (χ2n) is 6.02. The minimum absolute atomic E-state index is 0.0218. The normalized spacial score (nSPS) is 19.4. The van der Waals surface area contributed by atoms with E-state index in [9.17, 15) is 4.79 Å². The van der Waals surface area contributed by atoms with Crippen LogP contribution in [0.4, 0.5) is 0 Å². The van der Waals surface area contributed by atoms with Gasteiger partial charge in [-0.1, -0.05) is 30.3 Å². The number of nitrogens with zero attached hydrogens (tertiary/aromatic N) is 1. The summed E-state index contributed by atoms with van der Waals surface area (Å²) in [6.45, 7) is 5.19. The highest BCUT2D eigenvalue weighted by Crippen LogP contribution is 2.29. The molecule has 0 bridgehead atoms. The van der Waals surface area contributed by atoms with Crippen molar-refractivity contribution in [1.29, 1.82) is 0 Å². The Morgan fingerprint density at radius 3 is 2.63 bits per heavy atom. The smallest absolute Gasteiger partial charge is 0.223 e. The molecule has 1 aromatic carbocycles. The second kappa shape index (κ2) is 5.74. The van der Waals surface area contributed by atoms with Gasteiger partial charge in [0.25, 0.3) is 0 Å². The van der Waals surface area contributed by atoms with Gasteiger partial charge in [0.2, 0.25) is 5.91 Å². The Balaban J connectivity index is 1.87. The molecule has 3 nitrogen and oxygen atoms in total. The Bertz CT molecular complexity index is 428. The van der Waals surface area contributed by atoms with Crippen LogP contribution in [-0.4, -0.2) is 22.9 Å². The first-order chi connectivity index (χ1) is 9.00. The zero-order valence-electron chi connectivity index (χ0n) is 11.9. The van der Waals surface area contributed by atoms with Gasteiger partial charge in [-0.05, 0) is 38.7 Å². The number of hydrogen-bond acceptors (Lipinski definition) is 2. The van der Waals surface area contributed by atoms with Gasteiger partial charge in [0, 0.05) is 24.5 Å². The highest BCUT2D eigenvalue weighted by atomic mass is 16.2. The number of nitrogens with two attached hydrogens (primary N) is 1. The Kier molecular flexibility index (Phi) is 4.25. The topological polar surface area (TPSA) is 46.3 Å². The van der Waals surface area contributed by atoms with Crippen molar-refractivity contribution >= 4 is 5.91 Å². The third kappa shape index (κ3) is 3.35. The third-order valence-corrected chi connectivity index (χ3v) is 4.10. The van der Waals surface area contributed by atoms with E-state index in [1.165, 1.54) is 0 Å². The quantitative estimate of drug-likeness (QED) is 0.904. The number of benzene rings is 1. The van der Waals surface area contributed by atoms with E-state index < -0.39 is 0 Å². The molecule has 1 atom stereocenters. The Hall–Kier alpha value is -1.35. The molecule has 1 saturated heterocycles. The molecule has 1 amide bonds. The maximum atomic E-state index is 12.3. The van der Waals surface area contributed by atoms with Gasteiger partial charge in [-0.2, -0.15) is 0 Å². The molecule has 2 rings (SSSR count). The van der Waals surface area contributed by atoms with Crippen LogP contribution < -0.4 is 5.73 Å². The molecule has 1 fully saturated rings. The van der Waals surface area contributed by atoms with Crippen LogP contribution in [0.3, 0.4) is 0 Å². The van der Waals surface area contributed by atoms with Gasteiger partial charge in [0.05, 0.1) is 0 Å². The van der Waals surface area contributed by atoms with E-state index in [2.05, 4.69) is 13.8 Å². The molecule has 3 heteroatoms. The van der Waals surface area contributed by atoms with E-state index in [1.807, 2.05) is 35.2 Å². The summed E-state index contributed by atoms with van der Waals surface area (Å²) in [5, 5.41) is 0. The Labute approximate surface area is 115 Å². The highest BCUT2D eigenvalue weighted by molar-refractivity contribution is 5.77. The molecule has 1 unspecified atom stereocenters. The molecule has 104 valence electrons. The first-order valence-corrected chi connectivity index (χ1v) is 7.12. The van der Waals surface area contributed by atoms with Gasteiger partial charge in [0.1, 0.15) is 0 Å². The molecule has 0 saturated carbocycles. The lowest BCUT2D eigenvalue weighted by molar-refractivity contribution is -0.134. The van der Waals surface area contributed by atoms with Crippen LogP contribution in [0, 0.1) is 0 Å². The molecule has 1 aliphatic heterocycles. The number of carbonyl (C=O) groups excluding carboxylic acids is 1. The van der Waals surface area contributed by atoms with Crippen molar-refractivity contribution in [3.05, 3.63) is 35.9 Å². The van der Waals surface area contributed by atoms with Gasteiger partial charge in [0.15, 0.2) is 0 Å². The van der Waals surface area contributed by atoms with Crippen molar-refractivity contribution in [2.24, 2.45) is 5.73 Å². The minimum Gasteiger partial charge on any atom is -0.338 e. The lowest BCUT2D eigenvalue weighted by Gasteiger charge is -2.32. The fourth-order valence-electron chi connectivity index (χ4n) is 2.85. The molecule has 19 heavy (non-hydrogen) atoms. The lowest BCUT2D eigenvalue weighted by Crippen LogP contribution is -2.42. The van der Waals surface area contributed by atoms with E-state index in [0.29, 0.717) is 6.42 Å². The van der Waals surface area contributed by atoms with Gasteiger partial charge < -0.3 is 10.6 Å². The van der Waals surface area contributed by atoms with Crippen molar-refractivity contribution in [3.8, 4) is 0 Å². The maximum Gasteiger partial charge on any atom is 0.223 e. The van der Waals surface area contributed by atoms with Crippen LogP contribution in [0.1, 0.15) is 51.1 Å². The van der Waals surface area contributed by atoms with Crippen molar-refractivity contribution in [2.45, 2.75) is 51.1 Å². The molecule has 0 aromatic heterocycles. The third-order valence-electron chi connectivity index (χ3n) is 4.10. The summed E-state index contributed by atoms with van der Waals surface area (Å²) >= 11 is 0. The molecule has 1 aromatic rings. The van der Waals surface area contributed by atoms with Gasteiger partial charge >= 0.3 is 0 Å². The summed E-state index contributed by atoms with van der Waals surface area (Å²) in [4.78, 5) is 14.3. The minimum atomic E-state index is -0.0455. The van der Waals surface area contributed by atoms with Gasteiger partial charge in [-0.3, -0.25) is 4.79 Å². The van der Waals surface area contributed by atoms with Crippen LogP contribution in [0.2, 0.25) is 0 Å². The van der Waals surface area contributed by atoms with E-state index in [0.717, 1.165) is 31.4 Å². The molecule has 1 aliphatic rings. The van der Waals surface area contributed by atoms with Crippen molar-refractivity contribution in [3.63, 3.8) is 0 Å². The van der Waals surface area contributed by atoms with Crippen LogP contribution >= 0.6 is 0 Å². The zero-order chi connectivity index (χ0) is 13.9. The number of hydrogen-bond donors (Lipinski definition) is 1. The first-order valence-electron chi connectivity index (χ1n) is 7.12. The Morgan fingerprint density at radius 2 is 2.05 bits per heavy atom. The number of carbonyl (C=O) groups is 1. The molecular weight excluding hydrogens is 236 g/mol. The summed E-state index contributed by atoms with van der Waals surface area (Å²) in [5.41, 5.74) is 7.27. The van der Waals surface area contributed by atoms with E-state index in [1.54, 1.807) is 0 Å². The monoisotopic (exact) mass is 260 g/mol. The van der Waals surface area contributed by atoms with E-state index >= 15 is 0 Å². The van der Waals surface area contributed by atoms with Crippen molar-refractivity contribution < 1.29 is 4.79 Å². The maximum absolute atomic E-state index is 12.3. The van der Waals surface area contributed by atoms with Crippen LogP contribution in [0.5, 0.6) is 0 Å². The zero-order valence-corrected chi connectivity index (χ0v) is 11.9. The number of rotatable bonds is 4. The molecular formula is C16H24N2O. The SMILES string of the molecule is CC1(C)CCCN1C(=O)CCC(N)c1ccccc1. The lowest BCUT2D eigenvalue weighted by atomic mass is 10.00. The standard InChI is InChI=1S/C16H24N2O/c1-16(2)11-6-12-18(16)15(19)10-9-14(17)13-7-4-3-5-8-13/h3-5,7-8,14H,6,9-12,17H2,1-2H3. The molecule has 1 heterocycles. The summed E-state index contributed by atoms with van der Waals surface area (Å²) in [6, 6.07) is 9.95. The van der Waals surface area contributed by atoms with Crippen LogP contribution in [0.15, 0.2) is 30.3 Å². The van der Waals surface area contributed by atoms with Crippen molar-refractivity contribution in [2.75, 3.05) is 6.54 Å². The van der Waals surface area contributed by atoms with Crippen molar-refractivity contribution in [1.82, 2.24) is 4.90 Å². The number of likely N-dealkylation sites (tertiary alicyclic amines) is 1. The second-order valence-corrected chi connectivity index (χ2v) is 6.02. The number of amides is 1. The van der Waals surface area contributed by atoms with E-state index in [4.69, 9.17) is 5.73 Å². The Morgan fingerprint density at radius 1 is 1.37 bits per heavy atom. The molecule has 2 N–H and O–H groups in total. The predicted octanol–water partition coefficient (Wildman–Crippen LogP) is 2.87. The predicted molar refractivity (Wildman–Crippen MR) is 77.6 cm³/mol. The molecule has 0 aliphatic carbocycles. The van der Waals surface area contributed by atoms with E-state index in [-0.39, 0.29) is 17.5 Å². The van der Waals surface area contributed by atoms with Gasteiger partial charge in [-0.15, -0.1) is 0 Å². The summed E-state index contributed by atoms with van der Waals surface area (Å²) in [6.07, 6.45) is 3.47. The molecule has 0 spiro atoms. The average Bonchev–Trinajstić information content (AvgIpc) is 2.76. The summed E-state index contributed by atoms with van der Waals surface area (Å²) in [5.74, 6) is 0.244. The van der Waals surface area contributed by atoms with Crippen LogP contribution in [-0.2, 0) is 4.79 Å². The van der Waals surface area contributed by atoms with Crippen LogP contribution in [0.25, 0.3) is 0 Å². The fourth-order valence-corrected chi connectivity index (χ4v) is 2.85.